The van der Waals surface area contributed by atoms with E-state index in [0.717, 1.165) is 11.3 Å². The molecule has 0 aliphatic carbocycles. The lowest BCUT2D eigenvalue weighted by molar-refractivity contribution is 0.103. The van der Waals surface area contributed by atoms with E-state index in [0.29, 0.717) is 11.1 Å². The van der Waals surface area contributed by atoms with Crippen LogP contribution in [-0.4, -0.2) is 14.2 Å². The number of ketones is 1. The number of hydrogen-bond acceptors (Lipinski definition) is 5. The minimum atomic E-state index is -3.72. The number of rotatable bonds is 5. The minimum absolute atomic E-state index is 0.182. The van der Waals surface area contributed by atoms with Crippen molar-refractivity contribution in [3.8, 4) is 0 Å². The van der Waals surface area contributed by atoms with Crippen LogP contribution >= 0.6 is 11.3 Å². The van der Waals surface area contributed by atoms with Crippen molar-refractivity contribution in [1.29, 1.82) is 0 Å². The number of anilines is 2. The van der Waals surface area contributed by atoms with E-state index in [-0.39, 0.29) is 21.4 Å². The number of benzene rings is 2. The van der Waals surface area contributed by atoms with E-state index < -0.39 is 10.0 Å². The van der Waals surface area contributed by atoms with Gasteiger partial charge in [-0.15, -0.1) is 11.3 Å². The highest BCUT2D eigenvalue weighted by atomic mass is 32.2. The summed E-state index contributed by atoms with van der Waals surface area (Å²) < 4.78 is 27.3. The van der Waals surface area contributed by atoms with Crippen LogP contribution in [0.4, 0.5) is 11.4 Å². The Morgan fingerprint density at radius 2 is 1.71 bits per heavy atom. The molecule has 3 aromatic rings. The summed E-state index contributed by atoms with van der Waals surface area (Å²) in [6.07, 6.45) is 0. The fourth-order valence-electron chi connectivity index (χ4n) is 2.15. The second-order valence-corrected chi connectivity index (χ2v) is 7.89. The minimum Gasteiger partial charge on any atom is -0.397 e. The number of nitrogens with one attached hydrogen (secondary N) is 1. The maximum Gasteiger partial charge on any atom is 0.271 e. The standard InChI is InChI=1S/C17H14N2O3S2/c18-14-9-8-13(17(20)12-5-2-1-3-6-12)11-15(14)19-24(21,22)16-7-4-10-23-16/h1-11,19H,18H2. The number of thiophene rings is 1. The van der Waals surface area contributed by atoms with E-state index in [4.69, 9.17) is 5.73 Å². The molecule has 122 valence electrons. The van der Waals surface area contributed by atoms with Crippen molar-refractivity contribution in [3.63, 3.8) is 0 Å². The van der Waals surface area contributed by atoms with Crippen molar-refractivity contribution in [2.45, 2.75) is 4.21 Å². The van der Waals surface area contributed by atoms with Gasteiger partial charge in [-0.05, 0) is 29.6 Å². The Hall–Kier alpha value is -2.64. The SMILES string of the molecule is Nc1ccc(C(=O)c2ccccc2)cc1NS(=O)(=O)c1cccs1. The van der Waals surface area contributed by atoms with Crippen LogP contribution in [0.15, 0.2) is 70.3 Å². The lowest BCUT2D eigenvalue weighted by atomic mass is 10.0. The third kappa shape index (κ3) is 3.32. The molecular weight excluding hydrogens is 344 g/mol. The zero-order valence-electron chi connectivity index (χ0n) is 12.5. The highest BCUT2D eigenvalue weighted by molar-refractivity contribution is 7.94. The topological polar surface area (TPSA) is 89.3 Å². The Morgan fingerprint density at radius 3 is 2.38 bits per heavy atom. The lowest BCUT2D eigenvalue weighted by Gasteiger charge is -2.11. The van der Waals surface area contributed by atoms with Gasteiger partial charge in [-0.2, -0.15) is 0 Å². The lowest BCUT2D eigenvalue weighted by Crippen LogP contribution is -2.13. The molecule has 0 bridgehead atoms. The molecule has 24 heavy (non-hydrogen) atoms. The Bertz CT molecular complexity index is 966. The van der Waals surface area contributed by atoms with Crippen LogP contribution in [0, 0.1) is 0 Å². The fraction of sp³-hybridized carbons (Fsp3) is 0. The van der Waals surface area contributed by atoms with Gasteiger partial charge in [-0.3, -0.25) is 9.52 Å². The van der Waals surface area contributed by atoms with Crippen molar-refractivity contribution in [3.05, 3.63) is 77.2 Å². The zero-order valence-corrected chi connectivity index (χ0v) is 14.1. The van der Waals surface area contributed by atoms with E-state index in [2.05, 4.69) is 4.72 Å². The number of sulfonamides is 1. The van der Waals surface area contributed by atoms with Gasteiger partial charge < -0.3 is 5.73 Å². The summed E-state index contributed by atoms with van der Waals surface area (Å²) in [6.45, 7) is 0. The molecule has 1 aromatic heterocycles. The molecule has 0 unspecified atom stereocenters. The van der Waals surface area contributed by atoms with Gasteiger partial charge in [0.2, 0.25) is 0 Å². The summed E-state index contributed by atoms with van der Waals surface area (Å²) in [5.41, 5.74) is 7.17. The number of carbonyl (C=O) groups excluding carboxylic acids is 1. The molecule has 0 spiro atoms. The first-order chi connectivity index (χ1) is 11.5. The van der Waals surface area contributed by atoms with Gasteiger partial charge in [-0.25, -0.2) is 8.42 Å². The maximum atomic E-state index is 12.5. The van der Waals surface area contributed by atoms with Crippen molar-refractivity contribution in [2.24, 2.45) is 0 Å². The molecule has 3 N–H and O–H groups in total. The summed E-state index contributed by atoms with van der Waals surface area (Å²) in [5.74, 6) is -0.202. The molecule has 0 aliphatic heterocycles. The van der Waals surface area contributed by atoms with Crippen molar-refractivity contribution in [2.75, 3.05) is 10.5 Å². The Kier molecular flexibility index (Phi) is 4.37. The van der Waals surface area contributed by atoms with Gasteiger partial charge in [0.05, 0.1) is 11.4 Å². The average molecular weight is 358 g/mol. The third-order valence-corrected chi connectivity index (χ3v) is 6.12. The molecule has 0 radical (unpaired) electrons. The van der Waals surface area contributed by atoms with Crippen LogP contribution < -0.4 is 10.5 Å². The average Bonchev–Trinajstić information content (AvgIpc) is 3.12. The third-order valence-electron chi connectivity index (χ3n) is 3.36. The molecule has 0 aliphatic rings. The van der Waals surface area contributed by atoms with Crippen LogP contribution in [-0.2, 0) is 10.0 Å². The second-order valence-electron chi connectivity index (χ2n) is 5.03. The number of nitrogen functional groups attached to an aromatic ring is 1. The van der Waals surface area contributed by atoms with Gasteiger partial charge in [0.25, 0.3) is 10.0 Å². The number of carbonyl (C=O) groups is 1. The van der Waals surface area contributed by atoms with Gasteiger partial charge >= 0.3 is 0 Å². The largest absolute Gasteiger partial charge is 0.397 e. The maximum absolute atomic E-state index is 12.5. The number of nitrogens with two attached hydrogens (primary N) is 1. The highest BCUT2D eigenvalue weighted by Gasteiger charge is 2.18. The van der Waals surface area contributed by atoms with Gasteiger partial charge in [0.1, 0.15) is 4.21 Å². The second kappa shape index (κ2) is 6.46. The van der Waals surface area contributed by atoms with Crippen LogP contribution in [0.1, 0.15) is 15.9 Å². The van der Waals surface area contributed by atoms with Crippen molar-refractivity contribution < 1.29 is 13.2 Å². The van der Waals surface area contributed by atoms with Gasteiger partial charge in [0, 0.05) is 11.1 Å². The molecule has 0 saturated heterocycles. The molecule has 3 rings (SSSR count). The predicted octanol–water partition coefficient (Wildman–Crippen LogP) is 3.36. The first-order valence-corrected chi connectivity index (χ1v) is 9.39. The Balaban J connectivity index is 1.94. The van der Waals surface area contributed by atoms with Crippen LogP contribution in [0.3, 0.4) is 0 Å². The molecular formula is C17H14N2O3S2. The van der Waals surface area contributed by atoms with E-state index in [1.54, 1.807) is 41.8 Å². The normalized spacial score (nSPS) is 11.2. The van der Waals surface area contributed by atoms with Crippen molar-refractivity contribution in [1.82, 2.24) is 0 Å². The molecule has 0 saturated carbocycles. The Labute approximate surface area is 143 Å². The van der Waals surface area contributed by atoms with Gasteiger partial charge in [-0.1, -0.05) is 36.4 Å². The van der Waals surface area contributed by atoms with Gasteiger partial charge in [0.15, 0.2) is 5.78 Å². The highest BCUT2D eigenvalue weighted by Crippen LogP contribution is 2.26. The van der Waals surface area contributed by atoms with Crippen LogP contribution in [0.25, 0.3) is 0 Å². The summed E-state index contributed by atoms with van der Waals surface area (Å²) >= 11 is 1.10. The molecule has 7 heteroatoms. The van der Waals surface area contributed by atoms with Crippen molar-refractivity contribution >= 4 is 38.5 Å². The fourth-order valence-corrected chi connectivity index (χ4v) is 4.22. The first-order valence-electron chi connectivity index (χ1n) is 7.03. The van der Waals surface area contributed by atoms with E-state index in [1.807, 2.05) is 6.07 Å². The zero-order chi connectivity index (χ0) is 17.2. The van der Waals surface area contributed by atoms with E-state index >= 15 is 0 Å². The molecule has 0 fully saturated rings. The summed E-state index contributed by atoms with van der Waals surface area (Å²) in [5, 5.41) is 1.67. The quantitative estimate of drug-likeness (QED) is 0.540. The van der Waals surface area contributed by atoms with E-state index in [1.165, 1.54) is 18.2 Å². The van der Waals surface area contributed by atoms with Crippen LogP contribution in [0.2, 0.25) is 0 Å². The first kappa shape index (κ1) is 16.2. The Morgan fingerprint density at radius 1 is 0.958 bits per heavy atom. The summed E-state index contributed by atoms with van der Waals surface area (Å²) in [4.78, 5) is 12.5. The molecule has 0 amide bonds. The summed E-state index contributed by atoms with van der Waals surface area (Å²) in [6, 6.07) is 16.5. The molecule has 0 atom stereocenters. The smallest absolute Gasteiger partial charge is 0.271 e. The number of hydrogen-bond donors (Lipinski definition) is 2. The summed E-state index contributed by atoms with van der Waals surface area (Å²) in [7, 11) is -3.72. The van der Waals surface area contributed by atoms with E-state index in [9.17, 15) is 13.2 Å². The monoisotopic (exact) mass is 358 g/mol. The predicted molar refractivity (Wildman–Crippen MR) is 95.9 cm³/mol. The molecule has 5 nitrogen and oxygen atoms in total. The molecule has 1 heterocycles. The van der Waals surface area contributed by atoms with Crippen LogP contribution in [0.5, 0.6) is 0 Å². The molecule has 2 aromatic carbocycles.